The Morgan fingerprint density at radius 3 is 2.61 bits per heavy atom. The molecule has 0 unspecified atom stereocenters. The van der Waals surface area contributed by atoms with Gasteiger partial charge in [-0.05, 0) is 59.7 Å². The highest BCUT2D eigenvalue weighted by Gasteiger charge is 2.50. The number of H-pyrrole nitrogens is 1. The minimum Gasteiger partial charge on any atom is -0.481 e. The predicted octanol–water partition coefficient (Wildman–Crippen LogP) is 3.37. The third-order valence-corrected chi connectivity index (χ3v) is 5.66. The monoisotopic (exact) mass is 377 g/mol. The zero-order valence-electron chi connectivity index (χ0n) is 15.2. The van der Waals surface area contributed by atoms with Crippen molar-refractivity contribution in [2.24, 2.45) is 0 Å². The fraction of sp³-hybridized carbons (Fsp3) is 0.273. The molecule has 6 nitrogen and oxygen atoms in total. The van der Waals surface area contributed by atoms with Gasteiger partial charge in [0, 0.05) is 17.6 Å². The number of carbonyl (C=O) groups is 2. The van der Waals surface area contributed by atoms with Gasteiger partial charge in [-0.2, -0.15) is 0 Å². The number of rotatable bonds is 6. The number of nitrogens with one attached hydrogen (secondary N) is 1. The van der Waals surface area contributed by atoms with Gasteiger partial charge in [0.25, 0.3) is 0 Å². The Labute approximate surface area is 161 Å². The molecule has 3 aromatic rings. The van der Waals surface area contributed by atoms with Crippen LogP contribution in [0.25, 0.3) is 10.9 Å². The van der Waals surface area contributed by atoms with Crippen molar-refractivity contribution in [2.45, 2.75) is 31.1 Å². The Morgan fingerprint density at radius 2 is 1.82 bits per heavy atom. The first-order valence-electron chi connectivity index (χ1n) is 9.29. The Balaban J connectivity index is 1.38. The molecule has 0 amide bonds. The highest BCUT2D eigenvalue weighted by molar-refractivity contribution is 5.95. The van der Waals surface area contributed by atoms with Gasteiger partial charge in [0.15, 0.2) is 11.5 Å². The van der Waals surface area contributed by atoms with Crippen molar-refractivity contribution >= 4 is 22.7 Å². The van der Waals surface area contributed by atoms with Crippen LogP contribution in [-0.2, 0) is 27.8 Å². The molecule has 6 heteroatoms. The summed E-state index contributed by atoms with van der Waals surface area (Å²) in [5.41, 5.74) is 3.04. The Kier molecular flexibility index (Phi) is 3.69. The number of aliphatic carboxylic acids is 1. The van der Waals surface area contributed by atoms with E-state index in [0.29, 0.717) is 17.9 Å². The van der Waals surface area contributed by atoms with Gasteiger partial charge in [-0.25, -0.2) is 0 Å². The zero-order valence-corrected chi connectivity index (χ0v) is 15.2. The Hall–Kier alpha value is -3.28. The maximum atomic E-state index is 13.1. The number of hydrogen-bond donors (Lipinski definition) is 2. The van der Waals surface area contributed by atoms with E-state index in [0.717, 1.165) is 40.6 Å². The van der Waals surface area contributed by atoms with Crippen molar-refractivity contribution in [1.82, 2.24) is 4.98 Å². The molecule has 2 N–H and O–H groups in total. The van der Waals surface area contributed by atoms with Crippen LogP contribution < -0.4 is 9.47 Å². The van der Waals surface area contributed by atoms with Gasteiger partial charge >= 0.3 is 5.97 Å². The summed E-state index contributed by atoms with van der Waals surface area (Å²) in [6.07, 6.45) is 2.00. The molecule has 1 saturated carbocycles. The summed E-state index contributed by atoms with van der Waals surface area (Å²) < 4.78 is 10.8. The summed E-state index contributed by atoms with van der Waals surface area (Å²) in [6, 6.07) is 13.4. The van der Waals surface area contributed by atoms with E-state index < -0.39 is 11.4 Å². The van der Waals surface area contributed by atoms with Gasteiger partial charge < -0.3 is 19.6 Å². The predicted molar refractivity (Wildman–Crippen MR) is 102 cm³/mol. The number of carboxylic acid groups (broad SMARTS) is 1. The van der Waals surface area contributed by atoms with E-state index in [1.807, 2.05) is 42.5 Å². The van der Waals surface area contributed by atoms with Crippen LogP contribution in [0.15, 0.2) is 42.5 Å². The molecule has 0 bridgehead atoms. The molecule has 0 atom stereocenters. The highest BCUT2D eigenvalue weighted by atomic mass is 16.7. The van der Waals surface area contributed by atoms with Crippen LogP contribution in [0.3, 0.4) is 0 Å². The van der Waals surface area contributed by atoms with Crippen molar-refractivity contribution in [3.63, 3.8) is 0 Å². The molecular weight excluding hydrogens is 358 g/mol. The smallest absolute Gasteiger partial charge is 0.309 e. The quantitative estimate of drug-likeness (QED) is 0.688. The summed E-state index contributed by atoms with van der Waals surface area (Å²) >= 11 is 0. The number of hydrogen-bond acceptors (Lipinski definition) is 4. The molecule has 0 saturated heterocycles. The van der Waals surface area contributed by atoms with Crippen LogP contribution in [0.2, 0.25) is 0 Å². The van der Waals surface area contributed by atoms with E-state index in [2.05, 4.69) is 4.98 Å². The number of fused-ring (bicyclic) bond motifs is 2. The average molecular weight is 377 g/mol. The lowest BCUT2D eigenvalue weighted by Crippen LogP contribution is -2.22. The first kappa shape index (κ1) is 16.9. The number of aromatic nitrogens is 1. The average Bonchev–Trinajstić information content (AvgIpc) is 3.18. The Morgan fingerprint density at radius 1 is 1.00 bits per heavy atom. The van der Waals surface area contributed by atoms with Gasteiger partial charge in [0.1, 0.15) is 5.78 Å². The summed E-state index contributed by atoms with van der Waals surface area (Å²) in [4.78, 5) is 27.1. The van der Waals surface area contributed by atoms with E-state index in [9.17, 15) is 9.59 Å². The van der Waals surface area contributed by atoms with Gasteiger partial charge in [0.2, 0.25) is 6.79 Å². The standard InChI is InChI=1S/C22H19NO5/c24-20(22(5-6-22)15-2-4-18-19(10-15)28-12-27-18)8-13-1-3-17-14(7-13)9-16(23-17)11-21(25)26/h1-4,7,9-10,23H,5-6,8,11-12H2,(H,25,26). The molecular formula is C22H19NO5. The fourth-order valence-electron chi connectivity index (χ4n) is 4.01. The number of aromatic amines is 1. The largest absolute Gasteiger partial charge is 0.481 e. The minimum atomic E-state index is -0.874. The lowest BCUT2D eigenvalue weighted by molar-refractivity contribution is -0.136. The second-order valence-electron chi connectivity index (χ2n) is 7.54. The van der Waals surface area contributed by atoms with Crippen LogP contribution in [-0.4, -0.2) is 28.6 Å². The van der Waals surface area contributed by atoms with E-state index in [4.69, 9.17) is 14.6 Å². The first-order valence-corrected chi connectivity index (χ1v) is 9.29. The van der Waals surface area contributed by atoms with Crippen LogP contribution in [0.5, 0.6) is 11.5 Å². The second kappa shape index (κ2) is 6.12. The topological polar surface area (TPSA) is 88.6 Å². The number of ether oxygens (including phenoxy) is 2. The van der Waals surface area contributed by atoms with E-state index in [1.54, 1.807) is 0 Å². The number of benzene rings is 2. The lowest BCUT2D eigenvalue weighted by atomic mass is 9.87. The molecule has 0 radical (unpaired) electrons. The number of Topliss-reactive ketones (excluding diaryl/α,β-unsaturated/α-hetero) is 1. The summed E-state index contributed by atoms with van der Waals surface area (Å²) in [5, 5.41) is 9.87. The van der Waals surface area contributed by atoms with Crippen LogP contribution in [0, 0.1) is 0 Å². The maximum absolute atomic E-state index is 13.1. The van der Waals surface area contributed by atoms with E-state index in [1.165, 1.54) is 0 Å². The van der Waals surface area contributed by atoms with Gasteiger partial charge in [-0.1, -0.05) is 12.1 Å². The molecule has 1 aliphatic heterocycles. The minimum absolute atomic E-state index is 0.0455. The van der Waals surface area contributed by atoms with Crippen molar-refractivity contribution in [2.75, 3.05) is 6.79 Å². The van der Waals surface area contributed by atoms with Crippen molar-refractivity contribution in [3.8, 4) is 11.5 Å². The van der Waals surface area contributed by atoms with E-state index in [-0.39, 0.29) is 19.0 Å². The molecule has 28 heavy (non-hydrogen) atoms. The van der Waals surface area contributed by atoms with Crippen molar-refractivity contribution in [1.29, 1.82) is 0 Å². The van der Waals surface area contributed by atoms with Gasteiger partial charge in [-0.3, -0.25) is 9.59 Å². The summed E-state index contributed by atoms with van der Waals surface area (Å²) in [6.45, 7) is 0.222. The van der Waals surface area contributed by atoms with Crippen molar-refractivity contribution < 1.29 is 24.2 Å². The number of carbonyl (C=O) groups excluding carboxylic acids is 1. The summed E-state index contributed by atoms with van der Waals surface area (Å²) in [7, 11) is 0. The Bertz CT molecular complexity index is 1110. The first-order chi connectivity index (χ1) is 13.5. The highest BCUT2D eigenvalue weighted by Crippen LogP contribution is 2.51. The van der Waals surface area contributed by atoms with E-state index >= 15 is 0 Å². The SMILES string of the molecule is O=C(O)Cc1cc2cc(CC(=O)C3(c4ccc5c(c4)OCO5)CC3)ccc2[nH]1. The van der Waals surface area contributed by atoms with Crippen LogP contribution in [0.4, 0.5) is 0 Å². The van der Waals surface area contributed by atoms with Gasteiger partial charge in [-0.15, -0.1) is 0 Å². The normalized spacial score (nSPS) is 16.3. The molecule has 1 aliphatic carbocycles. The molecule has 1 aromatic heterocycles. The fourth-order valence-corrected chi connectivity index (χ4v) is 4.01. The molecule has 1 fully saturated rings. The summed E-state index contributed by atoms with van der Waals surface area (Å²) in [5.74, 6) is 0.756. The third kappa shape index (κ3) is 2.81. The molecule has 0 spiro atoms. The van der Waals surface area contributed by atoms with Crippen molar-refractivity contribution in [3.05, 3.63) is 59.3 Å². The third-order valence-electron chi connectivity index (χ3n) is 5.66. The second-order valence-corrected chi connectivity index (χ2v) is 7.54. The number of carboxylic acids is 1. The van der Waals surface area contributed by atoms with Crippen LogP contribution >= 0.6 is 0 Å². The van der Waals surface area contributed by atoms with Gasteiger partial charge in [0.05, 0.1) is 11.8 Å². The molecule has 2 aliphatic rings. The van der Waals surface area contributed by atoms with Crippen LogP contribution in [0.1, 0.15) is 29.7 Å². The maximum Gasteiger partial charge on any atom is 0.309 e. The zero-order chi connectivity index (χ0) is 19.3. The molecule has 2 aromatic carbocycles. The lowest BCUT2D eigenvalue weighted by Gasteiger charge is -2.15. The molecule has 5 rings (SSSR count). The molecule has 142 valence electrons. The number of ketones is 1. The molecule has 2 heterocycles.